The van der Waals surface area contributed by atoms with Crippen LogP contribution in [0.3, 0.4) is 0 Å². The molecule has 21 heavy (non-hydrogen) atoms. The summed E-state index contributed by atoms with van der Waals surface area (Å²) >= 11 is 0. The minimum atomic E-state index is -0.135. The molecule has 0 aliphatic heterocycles. The number of amides is 1. The van der Waals surface area contributed by atoms with Crippen LogP contribution >= 0.6 is 0 Å². The summed E-state index contributed by atoms with van der Waals surface area (Å²) in [7, 11) is 1.64. The molecule has 0 radical (unpaired) electrons. The summed E-state index contributed by atoms with van der Waals surface area (Å²) in [5.74, 6) is 0.521. The van der Waals surface area contributed by atoms with Crippen LogP contribution in [0, 0.1) is 0 Å². The van der Waals surface area contributed by atoms with Gasteiger partial charge in [-0.05, 0) is 29.8 Å². The van der Waals surface area contributed by atoms with Crippen molar-refractivity contribution in [3.63, 3.8) is 0 Å². The molecule has 110 valence electrons. The van der Waals surface area contributed by atoms with Gasteiger partial charge in [0.05, 0.1) is 6.61 Å². The molecule has 0 bridgehead atoms. The van der Waals surface area contributed by atoms with Crippen molar-refractivity contribution in [2.75, 3.05) is 25.6 Å². The smallest absolute Gasteiger partial charge is 0.251 e. The van der Waals surface area contributed by atoms with Gasteiger partial charge < -0.3 is 15.4 Å². The number of carbonyl (C=O) groups is 1. The highest BCUT2D eigenvalue weighted by molar-refractivity contribution is 5.94. The molecule has 2 aromatic heterocycles. The Kier molecular flexibility index (Phi) is 5.66. The van der Waals surface area contributed by atoms with Crippen molar-refractivity contribution < 1.29 is 9.53 Å². The van der Waals surface area contributed by atoms with E-state index in [9.17, 15) is 4.79 Å². The number of carbonyl (C=O) groups excluding carboxylic acids is 1. The molecule has 0 aliphatic rings. The van der Waals surface area contributed by atoms with Crippen LogP contribution in [0.5, 0.6) is 0 Å². The number of rotatable bonds is 7. The van der Waals surface area contributed by atoms with Crippen molar-refractivity contribution in [3.8, 4) is 0 Å². The van der Waals surface area contributed by atoms with E-state index in [0.717, 1.165) is 5.56 Å². The lowest BCUT2D eigenvalue weighted by Gasteiger charge is -2.08. The van der Waals surface area contributed by atoms with Crippen LogP contribution in [0.4, 0.5) is 5.82 Å². The van der Waals surface area contributed by atoms with Crippen LogP contribution in [-0.2, 0) is 11.3 Å². The molecule has 0 unspecified atom stereocenters. The Morgan fingerprint density at radius 1 is 1.24 bits per heavy atom. The van der Waals surface area contributed by atoms with E-state index in [0.29, 0.717) is 31.1 Å². The Morgan fingerprint density at radius 2 is 2.05 bits per heavy atom. The Bertz CT molecular complexity index is 575. The summed E-state index contributed by atoms with van der Waals surface area (Å²) in [5, 5.41) is 5.95. The number of aromatic nitrogens is 2. The maximum Gasteiger partial charge on any atom is 0.251 e. The van der Waals surface area contributed by atoms with E-state index in [1.165, 1.54) is 0 Å². The van der Waals surface area contributed by atoms with E-state index < -0.39 is 0 Å². The van der Waals surface area contributed by atoms with Crippen LogP contribution in [-0.4, -0.2) is 36.1 Å². The van der Waals surface area contributed by atoms with Crippen LogP contribution in [0.25, 0.3) is 0 Å². The van der Waals surface area contributed by atoms with Gasteiger partial charge in [-0.25, -0.2) is 4.98 Å². The summed E-state index contributed by atoms with van der Waals surface area (Å²) in [4.78, 5) is 20.2. The van der Waals surface area contributed by atoms with E-state index in [-0.39, 0.29) is 5.91 Å². The minimum absolute atomic E-state index is 0.135. The molecular weight excluding hydrogens is 268 g/mol. The van der Waals surface area contributed by atoms with E-state index in [1.54, 1.807) is 37.8 Å². The normalized spacial score (nSPS) is 10.1. The predicted molar refractivity (Wildman–Crippen MR) is 80.0 cm³/mol. The molecule has 6 heteroatoms. The number of pyridine rings is 2. The largest absolute Gasteiger partial charge is 0.383 e. The highest BCUT2D eigenvalue weighted by Crippen LogP contribution is 2.07. The number of hydrogen-bond acceptors (Lipinski definition) is 5. The predicted octanol–water partition coefficient (Wildman–Crippen LogP) is 1.46. The molecule has 2 heterocycles. The van der Waals surface area contributed by atoms with Gasteiger partial charge in [0.25, 0.3) is 5.91 Å². The van der Waals surface area contributed by atoms with Crippen molar-refractivity contribution in [1.29, 1.82) is 0 Å². The fourth-order valence-corrected chi connectivity index (χ4v) is 1.73. The summed E-state index contributed by atoms with van der Waals surface area (Å²) in [6.07, 6.45) is 5.01. The lowest BCUT2D eigenvalue weighted by Crippen LogP contribution is -2.23. The second-order valence-corrected chi connectivity index (χ2v) is 4.39. The Labute approximate surface area is 123 Å². The van der Waals surface area contributed by atoms with Gasteiger partial charge in [-0.1, -0.05) is 0 Å². The lowest BCUT2D eigenvalue weighted by molar-refractivity contribution is 0.0951. The highest BCUT2D eigenvalue weighted by Gasteiger charge is 2.06. The van der Waals surface area contributed by atoms with E-state index in [1.807, 2.05) is 12.1 Å². The Balaban J connectivity index is 1.91. The first kappa shape index (κ1) is 14.9. The molecule has 0 aromatic carbocycles. The highest BCUT2D eigenvalue weighted by atomic mass is 16.5. The molecule has 2 N–H and O–H groups in total. The molecule has 2 rings (SSSR count). The van der Waals surface area contributed by atoms with Gasteiger partial charge in [-0.15, -0.1) is 0 Å². The van der Waals surface area contributed by atoms with Gasteiger partial charge in [-0.3, -0.25) is 9.78 Å². The molecule has 0 fully saturated rings. The molecule has 0 spiro atoms. The third kappa shape index (κ3) is 4.85. The maximum atomic E-state index is 12.1. The fraction of sp³-hybridized carbons (Fsp3) is 0.267. The number of anilines is 1. The molecule has 0 saturated heterocycles. The number of nitrogens with one attached hydrogen (secondary N) is 2. The Morgan fingerprint density at radius 3 is 2.81 bits per heavy atom. The number of hydrogen-bond donors (Lipinski definition) is 2. The first-order valence-electron chi connectivity index (χ1n) is 6.65. The third-order valence-corrected chi connectivity index (χ3v) is 2.84. The topological polar surface area (TPSA) is 76.1 Å². The third-order valence-electron chi connectivity index (χ3n) is 2.84. The quantitative estimate of drug-likeness (QED) is 0.754. The Hall–Kier alpha value is -2.47. The number of ether oxygens (including phenoxy) is 1. The minimum Gasteiger partial charge on any atom is -0.383 e. The van der Waals surface area contributed by atoms with E-state index in [2.05, 4.69) is 20.6 Å². The van der Waals surface area contributed by atoms with Crippen LogP contribution in [0.1, 0.15) is 15.9 Å². The van der Waals surface area contributed by atoms with Gasteiger partial charge in [0.2, 0.25) is 0 Å². The van der Waals surface area contributed by atoms with Crippen LogP contribution < -0.4 is 10.6 Å². The zero-order valence-electron chi connectivity index (χ0n) is 11.9. The summed E-state index contributed by atoms with van der Waals surface area (Å²) in [6.45, 7) is 1.70. The molecule has 0 saturated carbocycles. The molecular formula is C15H18N4O2. The van der Waals surface area contributed by atoms with Crippen molar-refractivity contribution in [2.45, 2.75) is 6.54 Å². The molecule has 2 aromatic rings. The van der Waals surface area contributed by atoms with Gasteiger partial charge in [0.1, 0.15) is 5.82 Å². The zero-order chi connectivity index (χ0) is 14.9. The maximum absolute atomic E-state index is 12.1. The van der Waals surface area contributed by atoms with E-state index in [4.69, 9.17) is 4.74 Å². The summed E-state index contributed by atoms with van der Waals surface area (Å²) < 4.78 is 4.95. The van der Waals surface area contributed by atoms with Gasteiger partial charge >= 0.3 is 0 Å². The van der Waals surface area contributed by atoms with Gasteiger partial charge in [-0.2, -0.15) is 0 Å². The van der Waals surface area contributed by atoms with Crippen molar-refractivity contribution in [3.05, 3.63) is 54.0 Å². The first-order chi connectivity index (χ1) is 10.3. The second-order valence-electron chi connectivity index (χ2n) is 4.39. The average molecular weight is 286 g/mol. The molecule has 6 nitrogen and oxygen atoms in total. The molecule has 0 aliphatic carbocycles. The zero-order valence-corrected chi connectivity index (χ0v) is 11.9. The molecule has 1 amide bonds. The van der Waals surface area contributed by atoms with Gasteiger partial charge in [0.15, 0.2) is 0 Å². The number of methoxy groups -OCH3 is 1. The SMILES string of the molecule is COCCNc1cc(C(=O)NCc2ccncc2)ccn1. The summed E-state index contributed by atoms with van der Waals surface area (Å²) in [5.41, 5.74) is 1.57. The lowest BCUT2D eigenvalue weighted by atomic mass is 10.2. The van der Waals surface area contributed by atoms with Gasteiger partial charge in [0, 0.05) is 44.4 Å². The van der Waals surface area contributed by atoms with Crippen molar-refractivity contribution >= 4 is 11.7 Å². The first-order valence-corrected chi connectivity index (χ1v) is 6.65. The number of nitrogens with zero attached hydrogens (tertiary/aromatic N) is 2. The van der Waals surface area contributed by atoms with Crippen molar-refractivity contribution in [2.24, 2.45) is 0 Å². The average Bonchev–Trinajstić information content (AvgIpc) is 2.54. The van der Waals surface area contributed by atoms with Crippen molar-refractivity contribution in [1.82, 2.24) is 15.3 Å². The second kappa shape index (κ2) is 7.96. The fourth-order valence-electron chi connectivity index (χ4n) is 1.73. The standard InChI is InChI=1S/C15H18N4O2/c1-21-9-8-18-14-10-13(4-7-17-14)15(20)19-11-12-2-5-16-6-3-12/h2-7,10H,8-9,11H2,1H3,(H,17,18)(H,19,20). The van der Waals surface area contributed by atoms with Crippen LogP contribution in [0.2, 0.25) is 0 Å². The van der Waals surface area contributed by atoms with E-state index >= 15 is 0 Å². The monoisotopic (exact) mass is 286 g/mol. The molecule has 0 atom stereocenters. The van der Waals surface area contributed by atoms with Crippen LogP contribution in [0.15, 0.2) is 42.9 Å². The summed E-state index contributed by atoms with van der Waals surface area (Å²) in [6, 6.07) is 7.13.